The maximum atomic E-state index is 12.4. The number of anilines is 1. The van der Waals surface area contributed by atoms with Crippen LogP contribution in [0.1, 0.15) is 11.1 Å². The number of carbonyl (C=O) groups excluding carboxylic acids is 1. The largest absolute Gasteiger partial charge is 0.493 e. The molecule has 0 fully saturated rings. The Hall–Kier alpha value is -3.48. The summed E-state index contributed by atoms with van der Waals surface area (Å²) in [4.78, 5) is 12.4. The number of nitrogens with one attached hydrogen (secondary N) is 1. The summed E-state index contributed by atoms with van der Waals surface area (Å²) in [6.45, 7) is 1.71. The van der Waals surface area contributed by atoms with Crippen LogP contribution in [0.4, 0.5) is 5.69 Å². The van der Waals surface area contributed by atoms with Crippen LogP contribution in [0.25, 0.3) is 6.08 Å². The maximum Gasteiger partial charge on any atom is 0.266 e. The molecule has 6 nitrogen and oxygen atoms in total. The maximum absolute atomic E-state index is 12.4. The highest BCUT2D eigenvalue weighted by Crippen LogP contribution is 2.29. The van der Waals surface area contributed by atoms with Gasteiger partial charge in [-0.15, -0.1) is 0 Å². The van der Waals surface area contributed by atoms with Crippen LogP contribution in [-0.2, 0) is 4.79 Å². The first-order chi connectivity index (χ1) is 13.0. The van der Waals surface area contributed by atoms with Crippen molar-refractivity contribution in [3.63, 3.8) is 0 Å². The fourth-order valence-electron chi connectivity index (χ4n) is 2.24. The molecule has 0 aliphatic carbocycles. The monoisotopic (exact) mass is 381 g/mol. The topological polar surface area (TPSA) is 95.1 Å². The average molecular weight is 382 g/mol. The molecule has 0 heterocycles. The minimum absolute atomic E-state index is 0.0814. The van der Waals surface area contributed by atoms with Gasteiger partial charge in [-0.3, -0.25) is 4.79 Å². The SMILES string of the molecule is COc1cc(/C=C(\C#N)C(=O)Nc2cc(Cl)ccc2C)ccc1OCC#N. The lowest BCUT2D eigenvalue weighted by Gasteiger charge is -2.10. The highest BCUT2D eigenvalue weighted by molar-refractivity contribution is 6.31. The van der Waals surface area contributed by atoms with E-state index in [1.165, 1.54) is 13.2 Å². The Bertz CT molecular complexity index is 971. The van der Waals surface area contributed by atoms with E-state index in [-0.39, 0.29) is 12.2 Å². The molecule has 136 valence electrons. The third kappa shape index (κ3) is 5.24. The van der Waals surface area contributed by atoms with Crippen LogP contribution in [0.15, 0.2) is 42.0 Å². The van der Waals surface area contributed by atoms with Crippen molar-refractivity contribution in [3.8, 4) is 23.6 Å². The summed E-state index contributed by atoms with van der Waals surface area (Å²) in [6.07, 6.45) is 1.44. The quantitative estimate of drug-likeness (QED) is 0.600. The predicted molar refractivity (Wildman–Crippen MR) is 103 cm³/mol. The Morgan fingerprint density at radius 3 is 2.67 bits per heavy atom. The van der Waals surface area contributed by atoms with E-state index in [9.17, 15) is 10.1 Å². The van der Waals surface area contributed by atoms with E-state index in [0.29, 0.717) is 27.8 Å². The summed E-state index contributed by atoms with van der Waals surface area (Å²) < 4.78 is 10.5. The second-order valence-corrected chi connectivity index (χ2v) is 5.88. The van der Waals surface area contributed by atoms with Crippen molar-refractivity contribution < 1.29 is 14.3 Å². The zero-order chi connectivity index (χ0) is 19.8. The van der Waals surface area contributed by atoms with Crippen molar-refractivity contribution in [3.05, 3.63) is 58.1 Å². The number of carbonyl (C=O) groups is 1. The second kappa shape index (κ2) is 9.28. The van der Waals surface area contributed by atoms with Crippen LogP contribution in [0.2, 0.25) is 5.02 Å². The van der Waals surface area contributed by atoms with Gasteiger partial charge >= 0.3 is 0 Å². The normalized spacial score (nSPS) is 10.5. The van der Waals surface area contributed by atoms with Crippen LogP contribution in [0, 0.1) is 29.6 Å². The van der Waals surface area contributed by atoms with E-state index in [1.54, 1.807) is 36.4 Å². The number of benzene rings is 2. The molecule has 0 atom stereocenters. The van der Waals surface area contributed by atoms with Crippen LogP contribution < -0.4 is 14.8 Å². The third-order valence-corrected chi connectivity index (χ3v) is 3.84. The van der Waals surface area contributed by atoms with E-state index >= 15 is 0 Å². The number of rotatable bonds is 6. The lowest BCUT2D eigenvalue weighted by Crippen LogP contribution is -2.14. The zero-order valence-corrected chi connectivity index (χ0v) is 15.5. The number of nitriles is 2. The molecule has 1 N–H and O–H groups in total. The molecule has 0 aromatic heterocycles. The van der Waals surface area contributed by atoms with Gasteiger partial charge in [0, 0.05) is 10.7 Å². The summed E-state index contributed by atoms with van der Waals surface area (Å²) >= 11 is 5.95. The number of hydrogen-bond acceptors (Lipinski definition) is 5. The van der Waals surface area contributed by atoms with Gasteiger partial charge in [0.25, 0.3) is 5.91 Å². The third-order valence-electron chi connectivity index (χ3n) is 3.60. The lowest BCUT2D eigenvalue weighted by molar-refractivity contribution is -0.112. The predicted octanol–water partition coefficient (Wildman–Crippen LogP) is 4.11. The molecule has 0 aliphatic rings. The highest BCUT2D eigenvalue weighted by atomic mass is 35.5. The Morgan fingerprint density at radius 1 is 1.22 bits per heavy atom. The summed E-state index contributed by atoms with van der Waals surface area (Å²) in [5.74, 6) is 0.239. The van der Waals surface area contributed by atoms with Gasteiger partial charge in [-0.25, -0.2) is 0 Å². The van der Waals surface area contributed by atoms with E-state index in [0.717, 1.165) is 5.56 Å². The number of hydrogen-bond donors (Lipinski definition) is 1. The molecule has 0 radical (unpaired) electrons. The molecule has 0 saturated heterocycles. The molecule has 0 spiro atoms. The molecule has 1 amide bonds. The van der Waals surface area contributed by atoms with Gasteiger partial charge in [-0.2, -0.15) is 10.5 Å². The van der Waals surface area contributed by atoms with Gasteiger partial charge < -0.3 is 14.8 Å². The first-order valence-corrected chi connectivity index (χ1v) is 8.23. The molecule has 7 heteroatoms. The molecule has 0 aliphatic heterocycles. The van der Waals surface area contributed by atoms with Gasteiger partial charge in [-0.1, -0.05) is 23.7 Å². The van der Waals surface area contributed by atoms with Gasteiger partial charge in [0.1, 0.15) is 17.7 Å². The molecule has 2 aromatic rings. The number of halogens is 1. The smallest absolute Gasteiger partial charge is 0.266 e. The van der Waals surface area contributed by atoms with Gasteiger partial charge in [-0.05, 0) is 48.4 Å². The summed E-state index contributed by atoms with van der Waals surface area (Å²) in [5, 5.41) is 21.1. The lowest BCUT2D eigenvalue weighted by atomic mass is 10.1. The summed E-state index contributed by atoms with van der Waals surface area (Å²) in [7, 11) is 1.46. The molecule has 0 bridgehead atoms. The molecule has 2 rings (SSSR count). The van der Waals surface area contributed by atoms with Crippen LogP contribution in [-0.4, -0.2) is 19.6 Å². The second-order valence-electron chi connectivity index (χ2n) is 5.44. The van der Waals surface area contributed by atoms with Crippen LogP contribution in [0.5, 0.6) is 11.5 Å². The fourth-order valence-corrected chi connectivity index (χ4v) is 2.41. The summed E-state index contributed by atoms with van der Waals surface area (Å²) in [5.41, 5.74) is 1.85. The van der Waals surface area contributed by atoms with E-state index in [1.807, 2.05) is 19.1 Å². The average Bonchev–Trinajstić information content (AvgIpc) is 2.67. The van der Waals surface area contributed by atoms with Crippen molar-refractivity contribution in [2.24, 2.45) is 0 Å². The van der Waals surface area contributed by atoms with E-state index < -0.39 is 5.91 Å². The Balaban J connectivity index is 2.27. The number of methoxy groups -OCH3 is 1. The molecular formula is C20H16ClN3O3. The minimum atomic E-state index is -0.549. The number of ether oxygens (including phenoxy) is 2. The highest BCUT2D eigenvalue weighted by Gasteiger charge is 2.12. The van der Waals surface area contributed by atoms with Crippen molar-refractivity contribution >= 4 is 29.3 Å². The minimum Gasteiger partial charge on any atom is -0.493 e. The molecule has 2 aromatic carbocycles. The van der Waals surface area contributed by atoms with Gasteiger partial charge in [0.15, 0.2) is 18.1 Å². The molecule has 0 saturated carbocycles. The number of aryl methyl sites for hydroxylation is 1. The fraction of sp³-hybridized carbons (Fsp3) is 0.150. The summed E-state index contributed by atoms with van der Waals surface area (Å²) in [6, 6.07) is 13.8. The van der Waals surface area contributed by atoms with Gasteiger partial charge in [0.05, 0.1) is 7.11 Å². The zero-order valence-electron chi connectivity index (χ0n) is 14.7. The number of amides is 1. The number of nitrogens with zero attached hydrogens (tertiary/aromatic N) is 2. The molecule has 0 unspecified atom stereocenters. The first-order valence-electron chi connectivity index (χ1n) is 7.85. The standard InChI is InChI=1S/C20H16ClN3O3/c1-13-3-5-16(21)11-17(13)24-20(25)15(12-23)9-14-4-6-18(27-8-7-22)19(10-14)26-2/h3-6,9-11H,8H2,1-2H3,(H,24,25)/b15-9+. The van der Waals surface area contributed by atoms with E-state index in [4.69, 9.17) is 26.3 Å². The first kappa shape index (κ1) is 19.8. The van der Waals surface area contributed by atoms with Crippen molar-refractivity contribution in [2.75, 3.05) is 19.0 Å². The van der Waals surface area contributed by atoms with Crippen LogP contribution in [0.3, 0.4) is 0 Å². The van der Waals surface area contributed by atoms with Crippen LogP contribution >= 0.6 is 11.6 Å². The Morgan fingerprint density at radius 2 is 2.00 bits per heavy atom. The van der Waals surface area contributed by atoms with E-state index in [2.05, 4.69) is 5.32 Å². The molecular weight excluding hydrogens is 366 g/mol. The Labute approximate surface area is 162 Å². The van der Waals surface area contributed by atoms with Crippen molar-refractivity contribution in [1.29, 1.82) is 10.5 Å². The Kier molecular flexibility index (Phi) is 6.82. The molecule has 27 heavy (non-hydrogen) atoms. The van der Waals surface area contributed by atoms with Gasteiger partial charge in [0.2, 0.25) is 0 Å². The van der Waals surface area contributed by atoms with Crippen molar-refractivity contribution in [1.82, 2.24) is 0 Å². The van der Waals surface area contributed by atoms with Crippen molar-refractivity contribution in [2.45, 2.75) is 6.92 Å².